The number of thioether (sulfide) groups is 1. The standard InChI is InChI=1S/C10H15N5S/c1-16-5-2-8(12)9-6-15(14-13-9)10(7-11)3-4-10/h6,8H,2-5,12H2,1H3. The Kier molecular flexibility index (Phi) is 3.17. The van der Waals surface area contributed by atoms with E-state index in [0.717, 1.165) is 30.7 Å². The van der Waals surface area contributed by atoms with Crippen LogP contribution in [0, 0.1) is 11.3 Å². The van der Waals surface area contributed by atoms with Crippen molar-refractivity contribution in [3.05, 3.63) is 11.9 Å². The molecule has 1 saturated carbocycles. The third kappa shape index (κ3) is 2.06. The lowest BCUT2D eigenvalue weighted by atomic mass is 10.2. The monoisotopic (exact) mass is 237 g/mol. The van der Waals surface area contributed by atoms with Crippen LogP contribution in [-0.4, -0.2) is 27.0 Å². The second kappa shape index (κ2) is 4.44. The molecule has 1 aliphatic rings. The van der Waals surface area contributed by atoms with Gasteiger partial charge in [0.2, 0.25) is 0 Å². The van der Waals surface area contributed by atoms with Gasteiger partial charge in [0.05, 0.1) is 24.0 Å². The van der Waals surface area contributed by atoms with Crippen molar-refractivity contribution in [2.75, 3.05) is 12.0 Å². The Morgan fingerprint density at radius 2 is 2.50 bits per heavy atom. The van der Waals surface area contributed by atoms with Crippen molar-refractivity contribution in [2.45, 2.75) is 30.8 Å². The van der Waals surface area contributed by atoms with E-state index in [2.05, 4.69) is 22.6 Å². The molecule has 2 N–H and O–H groups in total. The molecule has 1 heterocycles. The van der Waals surface area contributed by atoms with E-state index in [0.29, 0.717) is 0 Å². The highest BCUT2D eigenvalue weighted by atomic mass is 32.2. The largest absolute Gasteiger partial charge is 0.323 e. The molecule has 1 aromatic rings. The Morgan fingerprint density at radius 3 is 3.06 bits per heavy atom. The van der Waals surface area contributed by atoms with Gasteiger partial charge >= 0.3 is 0 Å². The first-order valence-corrected chi connectivity index (χ1v) is 6.70. The lowest BCUT2D eigenvalue weighted by Gasteiger charge is -2.06. The normalized spacial score (nSPS) is 19.1. The quantitative estimate of drug-likeness (QED) is 0.827. The van der Waals surface area contributed by atoms with Crippen LogP contribution in [0.25, 0.3) is 0 Å². The first-order chi connectivity index (χ1) is 7.72. The maximum atomic E-state index is 9.03. The summed E-state index contributed by atoms with van der Waals surface area (Å²) in [5.41, 5.74) is 6.35. The third-order valence-corrected chi connectivity index (χ3v) is 3.54. The fourth-order valence-corrected chi connectivity index (χ4v) is 2.05. The zero-order valence-corrected chi connectivity index (χ0v) is 10.1. The van der Waals surface area contributed by atoms with Gasteiger partial charge in [-0.3, -0.25) is 0 Å². The topological polar surface area (TPSA) is 80.5 Å². The number of nitrogens with two attached hydrogens (primary N) is 1. The van der Waals surface area contributed by atoms with Crippen molar-refractivity contribution < 1.29 is 0 Å². The average molecular weight is 237 g/mol. The predicted molar refractivity (Wildman–Crippen MR) is 62.8 cm³/mol. The SMILES string of the molecule is CSCCC(N)c1cn(C2(C#N)CC2)nn1. The summed E-state index contributed by atoms with van der Waals surface area (Å²) < 4.78 is 1.67. The molecule has 0 bridgehead atoms. The summed E-state index contributed by atoms with van der Waals surface area (Å²) in [6.07, 6.45) is 6.50. The summed E-state index contributed by atoms with van der Waals surface area (Å²) >= 11 is 1.77. The summed E-state index contributed by atoms with van der Waals surface area (Å²) in [6.45, 7) is 0. The van der Waals surface area contributed by atoms with Crippen molar-refractivity contribution in [1.29, 1.82) is 5.26 Å². The number of hydrogen-bond acceptors (Lipinski definition) is 5. The van der Waals surface area contributed by atoms with Gasteiger partial charge in [-0.1, -0.05) is 5.21 Å². The lowest BCUT2D eigenvalue weighted by molar-refractivity contribution is 0.516. The highest BCUT2D eigenvalue weighted by molar-refractivity contribution is 7.98. The Balaban J connectivity index is 2.05. The minimum absolute atomic E-state index is 0.0734. The summed E-state index contributed by atoms with van der Waals surface area (Å²) in [5, 5.41) is 17.1. The molecule has 0 amide bonds. The Hall–Kier alpha value is -1.06. The highest BCUT2D eigenvalue weighted by Crippen LogP contribution is 2.42. The van der Waals surface area contributed by atoms with Crippen LogP contribution in [-0.2, 0) is 5.54 Å². The first-order valence-electron chi connectivity index (χ1n) is 5.30. The molecule has 1 aromatic heterocycles. The Bertz CT molecular complexity index is 404. The van der Waals surface area contributed by atoms with Crippen LogP contribution in [0.3, 0.4) is 0 Å². The van der Waals surface area contributed by atoms with E-state index in [9.17, 15) is 0 Å². The van der Waals surface area contributed by atoms with Crippen LogP contribution in [0.1, 0.15) is 31.0 Å². The molecule has 2 rings (SSSR count). The van der Waals surface area contributed by atoms with E-state index in [1.165, 1.54) is 0 Å². The van der Waals surface area contributed by atoms with Crippen molar-refractivity contribution in [2.24, 2.45) is 5.73 Å². The van der Waals surface area contributed by atoms with Crippen LogP contribution in [0.4, 0.5) is 0 Å². The number of nitriles is 1. The van der Waals surface area contributed by atoms with E-state index < -0.39 is 5.54 Å². The van der Waals surface area contributed by atoms with E-state index in [1.54, 1.807) is 16.4 Å². The van der Waals surface area contributed by atoms with Crippen LogP contribution < -0.4 is 5.73 Å². The minimum atomic E-state index is -0.426. The number of nitrogens with zero attached hydrogens (tertiary/aromatic N) is 4. The van der Waals surface area contributed by atoms with Crippen LogP contribution in [0.2, 0.25) is 0 Å². The van der Waals surface area contributed by atoms with E-state index in [4.69, 9.17) is 11.0 Å². The van der Waals surface area contributed by atoms with Crippen LogP contribution in [0.5, 0.6) is 0 Å². The number of rotatable bonds is 5. The molecule has 1 aliphatic carbocycles. The summed E-state index contributed by atoms with van der Waals surface area (Å²) in [6, 6.07) is 2.21. The van der Waals surface area contributed by atoms with Gasteiger partial charge < -0.3 is 5.73 Å². The van der Waals surface area contributed by atoms with Gasteiger partial charge in [0, 0.05) is 0 Å². The highest BCUT2D eigenvalue weighted by Gasteiger charge is 2.46. The molecule has 86 valence electrons. The van der Waals surface area contributed by atoms with Gasteiger partial charge in [0.1, 0.15) is 0 Å². The van der Waals surface area contributed by atoms with E-state index >= 15 is 0 Å². The van der Waals surface area contributed by atoms with E-state index in [-0.39, 0.29) is 6.04 Å². The molecule has 1 unspecified atom stereocenters. The van der Waals surface area contributed by atoms with Crippen molar-refractivity contribution >= 4 is 11.8 Å². The molecule has 6 heteroatoms. The molecule has 0 saturated heterocycles. The lowest BCUT2D eigenvalue weighted by Crippen LogP contribution is -2.15. The molecule has 5 nitrogen and oxygen atoms in total. The second-order valence-electron chi connectivity index (χ2n) is 4.12. The molecular weight excluding hydrogens is 222 g/mol. The zero-order valence-electron chi connectivity index (χ0n) is 9.26. The fraction of sp³-hybridized carbons (Fsp3) is 0.700. The van der Waals surface area contributed by atoms with Gasteiger partial charge in [-0.2, -0.15) is 17.0 Å². The summed E-state index contributed by atoms with van der Waals surface area (Å²) in [5.74, 6) is 1.01. The number of hydrogen-bond donors (Lipinski definition) is 1. The Labute approximate surface area is 99.0 Å². The molecular formula is C10H15N5S. The molecule has 0 aliphatic heterocycles. The van der Waals surface area contributed by atoms with Gasteiger partial charge in [-0.05, 0) is 31.3 Å². The van der Waals surface area contributed by atoms with Gasteiger partial charge in [-0.25, -0.2) is 4.68 Å². The van der Waals surface area contributed by atoms with Crippen LogP contribution in [0.15, 0.2) is 6.20 Å². The Morgan fingerprint density at radius 1 is 1.75 bits per heavy atom. The van der Waals surface area contributed by atoms with Gasteiger partial charge in [-0.15, -0.1) is 5.10 Å². The molecule has 0 spiro atoms. The van der Waals surface area contributed by atoms with Crippen molar-refractivity contribution in [1.82, 2.24) is 15.0 Å². The maximum Gasteiger partial charge on any atom is 0.150 e. The van der Waals surface area contributed by atoms with Gasteiger partial charge in [0.15, 0.2) is 5.54 Å². The summed E-state index contributed by atoms with van der Waals surface area (Å²) in [4.78, 5) is 0. The molecule has 1 fully saturated rings. The maximum absolute atomic E-state index is 9.03. The summed E-state index contributed by atoms with van der Waals surface area (Å²) in [7, 11) is 0. The van der Waals surface area contributed by atoms with Gasteiger partial charge in [0.25, 0.3) is 0 Å². The fourth-order valence-electron chi connectivity index (χ4n) is 1.56. The van der Waals surface area contributed by atoms with Crippen molar-refractivity contribution in [3.8, 4) is 6.07 Å². The molecule has 0 radical (unpaired) electrons. The second-order valence-corrected chi connectivity index (χ2v) is 5.10. The minimum Gasteiger partial charge on any atom is -0.323 e. The zero-order chi connectivity index (χ0) is 11.6. The average Bonchev–Trinajstić information content (AvgIpc) is 2.95. The van der Waals surface area contributed by atoms with Crippen LogP contribution >= 0.6 is 11.8 Å². The molecule has 0 aromatic carbocycles. The smallest absolute Gasteiger partial charge is 0.150 e. The predicted octanol–water partition coefficient (Wildman–Crippen LogP) is 1.04. The first kappa shape index (κ1) is 11.4. The van der Waals surface area contributed by atoms with E-state index in [1.807, 2.05) is 6.20 Å². The molecule has 16 heavy (non-hydrogen) atoms. The number of aromatic nitrogens is 3. The molecule has 1 atom stereocenters. The van der Waals surface area contributed by atoms with Crippen molar-refractivity contribution in [3.63, 3.8) is 0 Å². The third-order valence-electron chi connectivity index (χ3n) is 2.89.